The van der Waals surface area contributed by atoms with E-state index in [0.29, 0.717) is 11.8 Å². The van der Waals surface area contributed by atoms with Crippen molar-refractivity contribution in [2.45, 2.75) is 39.7 Å². The highest BCUT2D eigenvalue weighted by Gasteiger charge is 2.42. The maximum Gasteiger partial charge on any atom is 0.251 e. The van der Waals surface area contributed by atoms with Crippen LogP contribution in [0.4, 0.5) is 11.8 Å². The van der Waals surface area contributed by atoms with Crippen LogP contribution in [0.1, 0.15) is 32.8 Å². The molecule has 21 heavy (non-hydrogen) atoms. The smallest absolute Gasteiger partial charge is 0.251 e. The second-order valence-electron chi connectivity index (χ2n) is 5.65. The van der Waals surface area contributed by atoms with Crippen molar-refractivity contribution in [1.29, 1.82) is 0 Å². The molecule has 1 fully saturated rings. The lowest BCUT2D eigenvalue weighted by molar-refractivity contribution is -0.135. The zero-order valence-corrected chi connectivity index (χ0v) is 12.9. The number of aryl methyl sites for hydroxylation is 1. The first-order valence-electron chi connectivity index (χ1n) is 7.05. The molecule has 2 amide bonds. The summed E-state index contributed by atoms with van der Waals surface area (Å²) in [4.78, 5) is 34.1. The first-order valence-corrected chi connectivity index (χ1v) is 7.05. The fourth-order valence-corrected chi connectivity index (χ4v) is 2.15. The van der Waals surface area contributed by atoms with Crippen LogP contribution >= 0.6 is 0 Å². The minimum absolute atomic E-state index is 0.101. The summed E-state index contributed by atoms with van der Waals surface area (Å²) in [6.07, 6.45) is 2.66. The molecule has 1 aliphatic rings. The van der Waals surface area contributed by atoms with Crippen molar-refractivity contribution in [3.05, 3.63) is 11.8 Å². The number of hydrogen-bond acceptors (Lipinski definition) is 6. The van der Waals surface area contributed by atoms with E-state index in [2.05, 4.69) is 27.5 Å². The van der Waals surface area contributed by atoms with E-state index in [1.165, 1.54) is 0 Å². The summed E-state index contributed by atoms with van der Waals surface area (Å²) in [6, 6.07) is 0. The molecular formula is C14H21N5O2. The largest absolute Gasteiger partial charge is 0.354 e. The van der Waals surface area contributed by atoms with E-state index >= 15 is 0 Å². The van der Waals surface area contributed by atoms with Gasteiger partial charge in [-0.25, -0.2) is 4.98 Å². The number of aromatic nitrogens is 2. The predicted octanol–water partition coefficient (Wildman–Crippen LogP) is 0.848. The third-order valence-corrected chi connectivity index (χ3v) is 3.52. The first kappa shape index (κ1) is 15.2. The van der Waals surface area contributed by atoms with Crippen LogP contribution < -0.4 is 15.5 Å². The van der Waals surface area contributed by atoms with Gasteiger partial charge in [-0.2, -0.15) is 4.98 Å². The third kappa shape index (κ3) is 2.96. The van der Waals surface area contributed by atoms with Crippen LogP contribution in [-0.4, -0.2) is 40.4 Å². The molecule has 1 aromatic rings. The number of amides is 2. The number of carbonyl (C=O) groups is 2. The van der Waals surface area contributed by atoms with Gasteiger partial charge in [-0.05, 0) is 27.2 Å². The van der Waals surface area contributed by atoms with Gasteiger partial charge in [0, 0.05) is 18.3 Å². The van der Waals surface area contributed by atoms with Crippen molar-refractivity contribution >= 4 is 23.6 Å². The topological polar surface area (TPSA) is 87.2 Å². The van der Waals surface area contributed by atoms with Gasteiger partial charge in [0.2, 0.25) is 11.9 Å². The van der Waals surface area contributed by atoms with Crippen LogP contribution in [-0.2, 0) is 9.59 Å². The van der Waals surface area contributed by atoms with Crippen molar-refractivity contribution < 1.29 is 9.59 Å². The molecule has 7 heteroatoms. The molecule has 1 aromatic heterocycles. The summed E-state index contributed by atoms with van der Waals surface area (Å²) in [5, 5.41) is 5.48. The molecule has 2 rings (SSSR count). The lowest BCUT2D eigenvalue weighted by Crippen LogP contribution is -2.64. The summed E-state index contributed by atoms with van der Waals surface area (Å²) in [6.45, 7) is 8.34. The van der Waals surface area contributed by atoms with E-state index < -0.39 is 5.54 Å². The monoisotopic (exact) mass is 291 g/mol. The Hall–Kier alpha value is -2.18. The SMILES string of the molecule is CCCNc1ncc(C)c(N2CC(=O)NC(=O)C2(C)C)n1. The lowest BCUT2D eigenvalue weighted by Gasteiger charge is -2.41. The van der Waals surface area contributed by atoms with Crippen LogP contribution in [0.15, 0.2) is 6.20 Å². The first-order chi connectivity index (χ1) is 9.86. The number of nitrogens with zero attached hydrogens (tertiary/aromatic N) is 3. The molecule has 0 spiro atoms. The zero-order chi connectivity index (χ0) is 15.6. The fraction of sp³-hybridized carbons (Fsp3) is 0.571. The normalized spacial score (nSPS) is 17.6. The number of hydrogen-bond donors (Lipinski definition) is 2. The quantitative estimate of drug-likeness (QED) is 0.800. The Bertz CT molecular complexity index is 570. The van der Waals surface area contributed by atoms with Crippen LogP contribution in [0.3, 0.4) is 0 Å². The molecule has 2 heterocycles. The van der Waals surface area contributed by atoms with Crippen molar-refractivity contribution in [1.82, 2.24) is 15.3 Å². The van der Waals surface area contributed by atoms with E-state index in [0.717, 1.165) is 18.5 Å². The molecular weight excluding hydrogens is 270 g/mol. The van der Waals surface area contributed by atoms with Crippen molar-refractivity contribution in [3.63, 3.8) is 0 Å². The summed E-state index contributed by atoms with van der Waals surface area (Å²) < 4.78 is 0. The number of nitrogens with one attached hydrogen (secondary N) is 2. The fourth-order valence-electron chi connectivity index (χ4n) is 2.15. The van der Waals surface area contributed by atoms with E-state index in [1.54, 1.807) is 24.9 Å². The minimum Gasteiger partial charge on any atom is -0.354 e. The van der Waals surface area contributed by atoms with Gasteiger partial charge in [0.05, 0.1) is 6.54 Å². The summed E-state index contributed by atoms with van der Waals surface area (Å²) >= 11 is 0. The standard InChI is InChI=1S/C14H21N5O2/c1-5-6-15-13-16-7-9(2)11(18-13)19-8-10(20)17-12(21)14(19,3)4/h7H,5-6,8H2,1-4H3,(H,15,16,18)(H,17,20,21). The molecule has 0 atom stereocenters. The molecule has 1 saturated heterocycles. The lowest BCUT2D eigenvalue weighted by atomic mass is 9.98. The van der Waals surface area contributed by atoms with Gasteiger partial charge in [0.25, 0.3) is 5.91 Å². The number of rotatable bonds is 4. The van der Waals surface area contributed by atoms with Crippen molar-refractivity contribution in [2.24, 2.45) is 0 Å². The number of carbonyl (C=O) groups excluding carboxylic acids is 2. The van der Waals surface area contributed by atoms with Crippen molar-refractivity contribution in [2.75, 3.05) is 23.3 Å². The van der Waals surface area contributed by atoms with Crippen LogP contribution in [0.25, 0.3) is 0 Å². The summed E-state index contributed by atoms with van der Waals surface area (Å²) in [7, 11) is 0. The highest BCUT2D eigenvalue weighted by Crippen LogP contribution is 2.27. The predicted molar refractivity (Wildman–Crippen MR) is 80.1 cm³/mol. The Balaban J connectivity index is 2.38. The van der Waals surface area contributed by atoms with Gasteiger partial charge in [-0.1, -0.05) is 6.92 Å². The molecule has 114 valence electrons. The molecule has 2 N–H and O–H groups in total. The third-order valence-electron chi connectivity index (χ3n) is 3.52. The van der Waals surface area contributed by atoms with Crippen LogP contribution in [0.2, 0.25) is 0 Å². The summed E-state index contributed by atoms with van der Waals surface area (Å²) in [5.74, 6) is 0.476. The average Bonchev–Trinajstić information content (AvgIpc) is 2.42. The highest BCUT2D eigenvalue weighted by molar-refractivity contribution is 6.06. The van der Waals surface area contributed by atoms with E-state index in [1.807, 2.05) is 6.92 Å². The van der Waals surface area contributed by atoms with Gasteiger partial charge in [-0.3, -0.25) is 14.9 Å². The second-order valence-corrected chi connectivity index (χ2v) is 5.65. The Morgan fingerprint density at radius 3 is 2.81 bits per heavy atom. The van der Waals surface area contributed by atoms with E-state index in [9.17, 15) is 9.59 Å². The number of piperazine rings is 1. The molecule has 7 nitrogen and oxygen atoms in total. The molecule has 0 unspecified atom stereocenters. The summed E-state index contributed by atoms with van der Waals surface area (Å²) in [5.41, 5.74) is -0.0117. The second kappa shape index (κ2) is 5.67. The highest BCUT2D eigenvalue weighted by atomic mass is 16.2. The van der Waals surface area contributed by atoms with Crippen LogP contribution in [0, 0.1) is 6.92 Å². The Labute approximate surface area is 124 Å². The van der Waals surface area contributed by atoms with Gasteiger partial charge >= 0.3 is 0 Å². The van der Waals surface area contributed by atoms with Gasteiger partial charge < -0.3 is 10.2 Å². The Morgan fingerprint density at radius 2 is 2.14 bits per heavy atom. The van der Waals surface area contributed by atoms with E-state index in [-0.39, 0.29) is 18.4 Å². The Morgan fingerprint density at radius 1 is 1.43 bits per heavy atom. The maximum atomic E-state index is 12.0. The van der Waals surface area contributed by atoms with Gasteiger partial charge in [-0.15, -0.1) is 0 Å². The van der Waals surface area contributed by atoms with Crippen LogP contribution in [0.5, 0.6) is 0 Å². The zero-order valence-electron chi connectivity index (χ0n) is 12.9. The van der Waals surface area contributed by atoms with Gasteiger partial charge in [0.15, 0.2) is 0 Å². The number of imide groups is 1. The minimum atomic E-state index is -0.838. The van der Waals surface area contributed by atoms with Crippen molar-refractivity contribution in [3.8, 4) is 0 Å². The maximum absolute atomic E-state index is 12.0. The van der Waals surface area contributed by atoms with E-state index in [4.69, 9.17) is 0 Å². The van der Waals surface area contributed by atoms with Gasteiger partial charge in [0.1, 0.15) is 11.4 Å². The number of anilines is 2. The molecule has 0 aliphatic carbocycles. The molecule has 0 aromatic carbocycles. The molecule has 0 bridgehead atoms. The Kier molecular flexibility index (Phi) is 4.11. The molecule has 0 saturated carbocycles. The average molecular weight is 291 g/mol. The molecule has 0 radical (unpaired) electrons. The molecule has 1 aliphatic heterocycles.